The van der Waals surface area contributed by atoms with Crippen LogP contribution in [-0.4, -0.2) is 37.8 Å². The zero-order valence-corrected chi connectivity index (χ0v) is 30.2. The number of aromatic nitrogens is 5. The molecule has 2 heterocycles. The normalized spacial score (nSPS) is 12.7. The lowest BCUT2D eigenvalue weighted by atomic mass is 9.77. The topological polar surface area (TPSA) is 92.0 Å². The lowest BCUT2D eigenvalue weighted by Crippen LogP contribution is -2.39. The summed E-state index contributed by atoms with van der Waals surface area (Å²) in [7, 11) is 0. The molecule has 2 aromatic heterocycles. The van der Waals surface area contributed by atoms with Crippen molar-refractivity contribution in [2.45, 2.75) is 31.2 Å². The van der Waals surface area contributed by atoms with Crippen molar-refractivity contribution in [2.75, 3.05) is 6.61 Å². The maximum absolute atomic E-state index is 13.4. The first kappa shape index (κ1) is 33.9. The molecule has 55 heavy (non-hydrogen) atoms. The van der Waals surface area contributed by atoms with Crippen LogP contribution in [0.3, 0.4) is 0 Å². The molecule has 0 spiro atoms. The highest BCUT2D eigenvalue weighted by molar-refractivity contribution is 6.06. The number of carbonyl (C=O) groups is 1. The zero-order chi connectivity index (χ0) is 37.2. The Hall–Kier alpha value is -6.93. The molecule has 0 amide bonds. The molecule has 0 N–H and O–H groups in total. The van der Waals surface area contributed by atoms with Crippen molar-refractivity contribution < 1.29 is 14.3 Å². The van der Waals surface area contributed by atoms with Crippen LogP contribution in [0.15, 0.2) is 164 Å². The number of nitrogens with zero attached hydrogens (tertiary/aromatic N) is 5. The molecule has 9 rings (SSSR count). The van der Waals surface area contributed by atoms with Crippen molar-refractivity contribution in [3.05, 3.63) is 192 Å². The monoisotopic (exact) mass is 719 g/mol. The first-order chi connectivity index (χ1) is 27.1. The van der Waals surface area contributed by atoms with E-state index in [2.05, 4.69) is 42.5 Å². The van der Waals surface area contributed by atoms with E-state index in [1.54, 1.807) is 4.80 Å². The van der Waals surface area contributed by atoms with Gasteiger partial charge in [-0.15, -0.1) is 15.0 Å². The van der Waals surface area contributed by atoms with Gasteiger partial charge < -0.3 is 9.47 Å². The highest BCUT2D eigenvalue weighted by Gasteiger charge is 2.41. The van der Waals surface area contributed by atoms with E-state index in [9.17, 15) is 4.79 Å². The quantitative estimate of drug-likeness (QED) is 0.0971. The van der Waals surface area contributed by atoms with E-state index < -0.39 is 11.5 Å². The van der Waals surface area contributed by atoms with E-state index in [1.807, 2.05) is 128 Å². The highest BCUT2D eigenvalue weighted by Crippen LogP contribution is 2.47. The SMILES string of the molecule is CCOC(=O)c1c(Oc2ccc(-c3ccccc3-c3nnn(C(c4ccccc4)(c4ccccc4)c4ccccc4)n3)cc2)c(C2CC2)nc2ccccc12. The Morgan fingerprint density at radius 2 is 1.25 bits per heavy atom. The lowest BCUT2D eigenvalue weighted by molar-refractivity contribution is 0.0525. The molecule has 0 atom stereocenters. The highest BCUT2D eigenvalue weighted by atomic mass is 16.5. The molecule has 8 heteroatoms. The molecular formula is C47H37N5O3. The number of carbonyl (C=O) groups excluding carboxylic acids is 1. The smallest absolute Gasteiger partial charge is 0.342 e. The molecule has 0 unspecified atom stereocenters. The van der Waals surface area contributed by atoms with Crippen LogP contribution in [0.4, 0.5) is 0 Å². The molecule has 0 radical (unpaired) electrons. The van der Waals surface area contributed by atoms with Gasteiger partial charge in [0.25, 0.3) is 0 Å². The van der Waals surface area contributed by atoms with Gasteiger partial charge in [-0.1, -0.05) is 146 Å². The molecule has 6 aromatic carbocycles. The summed E-state index contributed by atoms with van der Waals surface area (Å²) in [6.07, 6.45) is 2.00. The van der Waals surface area contributed by atoms with Gasteiger partial charge in [-0.3, -0.25) is 0 Å². The molecule has 8 aromatic rings. The molecule has 1 saturated carbocycles. The fraction of sp³-hybridized carbons (Fsp3) is 0.128. The van der Waals surface area contributed by atoms with Crippen LogP contribution in [-0.2, 0) is 10.3 Å². The minimum Gasteiger partial charge on any atom is -0.462 e. The largest absolute Gasteiger partial charge is 0.462 e. The van der Waals surface area contributed by atoms with Crippen molar-refractivity contribution in [3.8, 4) is 34.0 Å². The average Bonchev–Trinajstić information content (AvgIpc) is 3.98. The van der Waals surface area contributed by atoms with Crippen molar-refractivity contribution in [2.24, 2.45) is 0 Å². The number of esters is 1. The summed E-state index contributed by atoms with van der Waals surface area (Å²) in [5, 5.41) is 15.3. The molecule has 0 saturated heterocycles. The van der Waals surface area contributed by atoms with Crippen molar-refractivity contribution in [3.63, 3.8) is 0 Å². The summed E-state index contributed by atoms with van der Waals surface area (Å²) in [5.41, 5.74) is 6.84. The van der Waals surface area contributed by atoms with Gasteiger partial charge in [-0.25, -0.2) is 9.78 Å². The number of hydrogen-bond acceptors (Lipinski definition) is 7. The van der Waals surface area contributed by atoms with Crippen LogP contribution in [0.2, 0.25) is 0 Å². The Morgan fingerprint density at radius 3 is 1.85 bits per heavy atom. The van der Waals surface area contributed by atoms with Gasteiger partial charge in [-0.2, -0.15) is 0 Å². The first-order valence-electron chi connectivity index (χ1n) is 18.6. The molecule has 0 bridgehead atoms. The van der Waals surface area contributed by atoms with E-state index in [-0.39, 0.29) is 12.5 Å². The van der Waals surface area contributed by atoms with Crippen molar-refractivity contribution in [1.82, 2.24) is 25.2 Å². The lowest BCUT2D eigenvalue weighted by Gasteiger charge is -2.34. The second kappa shape index (κ2) is 14.5. The number of pyridine rings is 1. The van der Waals surface area contributed by atoms with Crippen LogP contribution >= 0.6 is 0 Å². The second-order valence-corrected chi connectivity index (χ2v) is 13.6. The van der Waals surface area contributed by atoms with Gasteiger partial charge >= 0.3 is 5.97 Å². The summed E-state index contributed by atoms with van der Waals surface area (Å²) in [6, 6.07) is 54.5. The van der Waals surface area contributed by atoms with Gasteiger partial charge in [0.15, 0.2) is 11.3 Å². The summed E-state index contributed by atoms with van der Waals surface area (Å²) in [4.78, 5) is 20.1. The third-order valence-electron chi connectivity index (χ3n) is 10.2. The van der Waals surface area contributed by atoms with Gasteiger partial charge in [0.2, 0.25) is 5.82 Å². The number of benzene rings is 6. The average molecular weight is 720 g/mol. The predicted octanol–water partition coefficient (Wildman–Crippen LogP) is 10.2. The molecule has 1 aliphatic carbocycles. The maximum Gasteiger partial charge on any atom is 0.342 e. The minimum absolute atomic E-state index is 0.240. The van der Waals surface area contributed by atoms with E-state index in [0.29, 0.717) is 28.3 Å². The minimum atomic E-state index is -0.887. The Balaban J connectivity index is 1.10. The molecule has 1 aliphatic rings. The number of fused-ring (bicyclic) bond motifs is 1. The fourth-order valence-electron chi connectivity index (χ4n) is 7.46. The third-order valence-corrected chi connectivity index (χ3v) is 10.2. The Bertz CT molecular complexity index is 2510. The van der Waals surface area contributed by atoms with E-state index in [0.717, 1.165) is 57.4 Å². The number of rotatable bonds is 11. The van der Waals surface area contributed by atoms with Crippen LogP contribution in [0.5, 0.6) is 11.5 Å². The van der Waals surface area contributed by atoms with E-state index in [1.165, 1.54) is 0 Å². The number of tetrazole rings is 1. The van der Waals surface area contributed by atoms with Gasteiger partial charge in [0, 0.05) is 16.9 Å². The summed E-state index contributed by atoms with van der Waals surface area (Å²) in [5.74, 6) is 1.38. The summed E-state index contributed by atoms with van der Waals surface area (Å²) in [6.45, 7) is 2.07. The Morgan fingerprint density at radius 1 is 0.691 bits per heavy atom. The molecular weight excluding hydrogens is 683 g/mol. The van der Waals surface area contributed by atoms with E-state index >= 15 is 0 Å². The molecule has 1 fully saturated rings. The fourth-order valence-corrected chi connectivity index (χ4v) is 7.46. The van der Waals surface area contributed by atoms with Crippen molar-refractivity contribution in [1.29, 1.82) is 0 Å². The number of ether oxygens (including phenoxy) is 2. The van der Waals surface area contributed by atoms with Gasteiger partial charge in [0.05, 0.1) is 17.8 Å². The van der Waals surface area contributed by atoms with Crippen LogP contribution in [0.25, 0.3) is 33.4 Å². The Kier molecular flexibility index (Phi) is 8.92. The Labute approximate surface area is 319 Å². The van der Waals surface area contributed by atoms with Gasteiger partial charge in [-0.05, 0) is 71.0 Å². The van der Waals surface area contributed by atoms with Gasteiger partial charge in [0.1, 0.15) is 11.3 Å². The summed E-state index contributed by atoms with van der Waals surface area (Å²) < 4.78 is 12.1. The van der Waals surface area contributed by atoms with Crippen LogP contribution in [0.1, 0.15) is 58.4 Å². The van der Waals surface area contributed by atoms with Crippen LogP contribution < -0.4 is 4.74 Å². The first-order valence-corrected chi connectivity index (χ1v) is 18.6. The standard InChI is InChI=1S/C47H37N5O3/c1-2-54-46(53)42-40-24-14-15-25-41(40)48-43(33-26-27-33)44(42)55-37-30-28-32(29-31-37)38-22-12-13-23-39(38)45-49-51-52(50-45)47(34-16-6-3-7-17-34,35-18-8-4-9-19-35)36-20-10-5-11-21-36/h3-25,28-31,33H,2,26-27H2,1H3. The molecule has 268 valence electrons. The zero-order valence-electron chi connectivity index (χ0n) is 30.2. The number of para-hydroxylation sites is 1. The molecule has 8 nitrogen and oxygen atoms in total. The van der Waals surface area contributed by atoms with Crippen LogP contribution in [0, 0.1) is 0 Å². The second-order valence-electron chi connectivity index (χ2n) is 13.6. The maximum atomic E-state index is 13.4. The molecule has 0 aliphatic heterocycles. The predicted molar refractivity (Wildman–Crippen MR) is 213 cm³/mol. The number of hydrogen-bond donors (Lipinski definition) is 0. The van der Waals surface area contributed by atoms with Crippen molar-refractivity contribution >= 4 is 16.9 Å². The summed E-state index contributed by atoms with van der Waals surface area (Å²) >= 11 is 0. The van der Waals surface area contributed by atoms with E-state index in [4.69, 9.17) is 29.9 Å². The third kappa shape index (κ3) is 6.21.